The first kappa shape index (κ1) is 17.7. The minimum Gasteiger partial charge on any atom is -0.485 e. The van der Waals surface area contributed by atoms with Crippen molar-refractivity contribution >= 4 is 18.0 Å². The van der Waals surface area contributed by atoms with Crippen molar-refractivity contribution in [3.8, 4) is 23.0 Å². The van der Waals surface area contributed by atoms with Crippen LogP contribution in [0.25, 0.3) is 0 Å². The summed E-state index contributed by atoms with van der Waals surface area (Å²) in [5.74, 6) is 1.46. The number of nitrogens with zero attached hydrogens (tertiary/aromatic N) is 1. The molecule has 28 heavy (non-hydrogen) atoms. The summed E-state index contributed by atoms with van der Waals surface area (Å²) in [6, 6.07) is 12.4. The lowest BCUT2D eigenvalue weighted by atomic mass is 10.2. The van der Waals surface area contributed by atoms with Gasteiger partial charge in [-0.15, -0.1) is 0 Å². The Morgan fingerprint density at radius 1 is 1.04 bits per heavy atom. The number of para-hydroxylation sites is 2. The second-order valence-corrected chi connectivity index (χ2v) is 5.99. The second-order valence-electron chi connectivity index (χ2n) is 5.99. The molecule has 0 aliphatic carbocycles. The van der Waals surface area contributed by atoms with Crippen LogP contribution < -0.4 is 29.7 Å². The van der Waals surface area contributed by atoms with Gasteiger partial charge in [0.25, 0.3) is 11.8 Å². The van der Waals surface area contributed by atoms with Crippen molar-refractivity contribution < 1.29 is 28.5 Å². The number of carbonyl (C=O) groups excluding carboxylic acids is 2. The van der Waals surface area contributed by atoms with Crippen LogP contribution in [-0.2, 0) is 9.59 Å². The molecule has 2 aromatic carbocycles. The maximum absolute atomic E-state index is 12.2. The Labute approximate surface area is 160 Å². The Hall–Kier alpha value is -3.75. The molecule has 2 heterocycles. The van der Waals surface area contributed by atoms with Crippen molar-refractivity contribution in [2.45, 2.75) is 6.10 Å². The van der Waals surface area contributed by atoms with E-state index in [1.807, 2.05) is 6.07 Å². The predicted octanol–water partition coefficient (Wildman–Crippen LogP) is 0.822. The molecule has 2 amide bonds. The molecule has 0 radical (unpaired) electrons. The summed E-state index contributed by atoms with van der Waals surface area (Å²) in [6.07, 6.45) is 0.649. The Morgan fingerprint density at radius 3 is 2.71 bits per heavy atom. The molecule has 0 saturated heterocycles. The molecule has 144 valence electrons. The Morgan fingerprint density at radius 2 is 1.82 bits per heavy atom. The van der Waals surface area contributed by atoms with Gasteiger partial charge in [0.15, 0.2) is 23.0 Å². The number of hydrazone groups is 1. The topological polar surface area (TPSA) is 107 Å². The van der Waals surface area contributed by atoms with Crippen LogP contribution in [0.3, 0.4) is 0 Å². The van der Waals surface area contributed by atoms with Gasteiger partial charge in [-0.2, -0.15) is 5.10 Å². The first-order valence-corrected chi connectivity index (χ1v) is 8.57. The zero-order valence-electron chi connectivity index (χ0n) is 14.7. The highest BCUT2D eigenvalue weighted by Gasteiger charge is 2.27. The van der Waals surface area contributed by atoms with Gasteiger partial charge in [0.2, 0.25) is 12.9 Å². The van der Waals surface area contributed by atoms with Gasteiger partial charge in [-0.05, 0) is 35.9 Å². The highest BCUT2D eigenvalue weighted by Crippen LogP contribution is 2.32. The van der Waals surface area contributed by atoms with Crippen LogP contribution in [0.1, 0.15) is 5.56 Å². The maximum atomic E-state index is 12.2. The predicted molar refractivity (Wildman–Crippen MR) is 97.7 cm³/mol. The monoisotopic (exact) mass is 383 g/mol. The van der Waals surface area contributed by atoms with Crippen LogP contribution in [-0.4, -0.2) is 44.1 Å². The zero-order valence-corrected chi connectivity index (χ0v) is 14.7. The van der Waals surface area contributed by atoms with E-state index >= 15 is 0 Å². The number of hydrogen-bond donors (Lipinski definition) is 2. The van der Waals surface area contributed by atoms with E-state index in [2.05, 4.69) is 15.8 Å². The van der Waals surface area contributed by atoms with E-state index < -0.39 is 17.9 Å². The molecule has 0 fully saturated rings. The van der Waals surface area contributed by atoms with Gasteiger partial charge in [0.05, 0.1) is 12.8 Å². The average molecular weight is 383 g/mol. The lowest BCUT2D eigenvalue weighted by Crippen LogP contribution is -2.46. The third kappa shape index (κ3) is 3.98. The molecule has 9 nitrogen and oxygen atoms in total. The number of carbonyl (C=O) groups is 2. The van der Waals surface area contributed by atoms with Gasteiger partial charge in [-0.25, -0.2) is 5.43 Å². The molecule has 0 aromatic heterocycles. The molecule has 4 rings (SSSR count). The number of fused-ring (bicyclic) bond motifs is 2. The summed E-state index contributed by atoms with van der Waals surface area (Å²) < 4.78 is 21.6. The molecule has 2 N–H and O–H groups in total. The van der Waals surface area contributed by atoms with Crippen molar-refractivity contribution in [1.29, 1.82) is 0 Å². The molecule has 0 bridgehead atoms. The van der Waals surface area contributed by atoms with Gasteiger partial charge in [-0.3, -0.25) is 9.59 Å². The quantitative estimate of drug-likeness (QED) is 0.585. The first-order valence-electron chi connectivity index (χ1n) is 8.57. The van der Waals surface area contributed by atoms with Crippen LogP contribution in [0, 0.1) is 0 Å². The highest BCUT2D eigenvalue weighted by atomic mass is 16.7. The number of amides is 2. The number of rotatable bonds is 5. The average Bonchev–Trinajstić information content (AvgIpc) is 3.19. The number of nitrogens with one attached hydrogen (secondary N) is 2. The van der Waals surface area contributed by atoms with E-state index in [1.165, 1.54) is 6.21 Å². The fourth-order valence-corrected chi connectivity index (χ4v) is 2.64. The molecule has 0 spiro atoms. The van der Waals surface area contributed by atoms with Gasteiger partial charge in [0.1, 0.15) is 6.61 Å². The van der Waals surface area contributed by atoms with Crippen LogP contribution >= 0.6 is 0 Å². The zero-order chi connectivity index (χ0) is 19.3. The Bertz CT molecular complexity index is 930. The van der Waals surface area contributed by atoms with E-state index in [0.717, 1.165) is 5.56 Å². The summed E-state index contributed by atoms with van der Waals surface area (Å²) in [5.41, 5.74) is 3.08. The molecular weight excluding hydrogens is 366 g/mol. The van der Waals surface area contributed by atoms with Crippen molar-refractivity contribution in [2.75, 3.05) is 19.9 Å². The summed E-state index contributed by atoms with van der Waals surface area (Å²) >= 11 is 0. The van der Waals surface area contributed by atoms with Crippen molar-refractivity contribution in [1.82, 2.24) is 10.7 Å². The highest BCUT2D eigenvalue weighted by molar-refractivity contribution is 5.88. The molecule has 2 aliphatic heterocycles. The maximum Gasteiger partial charge on any atom is 0.265 e. The van der Waals surface area contributed by atoms with E-state index in [9.17, 15) is 9.59 Å². The minimum atomic E-state index is -0.820. The van der Waals surface area contributed by atoms with Gasteiger partial charge < -0.3 is 24.3 Å². The van der Waals surface area contributed by atoms with Crippen molar-refractivity contribution in [3.05, 3.63) is 48.0 Å². The lowest BCUT2D eigenvalue weighted by molar-refractivity contribution is -0.132. The van der Waals surface area contributed by atoms with Gasteiger partial charge in [0, 0.05) is 0 Å². The van der Waals surface area contributed by atoms with E-state index in [4.69, 9.17) is 18.9 Å². The first-order chi connectivity index (χ1) is 13.7. The Kier molecular flexibility index (Phi) is 4.96. The minimum absolute atomic E-state index is 0.0761. The normalized spacial score (nSPS) is 16.6. The summed E-state index contributed by atoms with van der Waals surface area (Å²) in [7, 11) is 0. The molecule has 0 unspecified atom stereocenters. The van der Waals surface area contributed by atoms with E-state index in [-0.39, 0.29) is 19.9 Å². The largest absolute Gasteiger partial charge is 0.485 e. The fourth-order valence-electron chi connectivity index (χ4n) is 2.64. The van der Waals surface area contributed by atoms with Crippen LogP contribution in [0.5, 0.6) is 23.0 Å². The summed E-state index contributed by atoms with van der Waals surface area (Å²) in [6.45, 7) is 0.0270. The third-order valence-electron chi connectivity index (χ3n) is 4.02. The second kappa shape index (κ2) is 7.87. The van der Waals surface area contributed by atoms with Gasteiger partial charge in [-0.1, -0.05) is 12.1 Å². The summed E-state index contributed by atoms with van der Waals surface area (Å²) in [4.78, 5) is 24.0. The molecule has 1 atom stereocenters. The Balaban J connectivity index is 1.23. The standard InChI is InChI=1S/C19H17N3O6/c23-18(22-21-8-12-5-6-14-16(7-12)27-11-26-14)9-20-19(24)17-10-25-13-3-1-2-4-15(13)28-17/h1-8,17H,9-11H2,(H,20,24)(H,22,23)/b21-8+/t17-/m1/s1. The third-order valence-corrected chi connectivity index (χ3v) is 4.02. The van der Waals surface area contributed by atoms with E-state index in [1.54, 1.807) is 36.4 Å². The van der Waals surface area contributed by atoms with Gasteiger partial charge >= 0.3 is 0 Å². The smallest absolute Gasteiger partial charge is 0.265 e. The van der Waals surface area contributed by atoms with Crippen LogP contribution in [0.2, 0.25) is 0 Å². The number of ether oxygens (including phenoxy) is 4. The van der Waals surface area contributed by atoms with Crippen LogP contribution in [0.15, 0.2) is 47.6 Å². The number of hydrogen-bond acceptors (Lipinski definition) is 7. The van der Waals surface area contributed by atoms with E-state index in [0.29, 0.717) is 23.0 Å². The molecule has 2 aromatic rings. The number of benzene rings is 2. The lowest BCUT2D eigenvalue weighted by Gasteiger charge is -2.25. The SMILES string of the molecule is O=C(CNC(=O)[C@H]1COc2ccccc2O1)N/N=C/c1ccc2c(c1)OCO2. The molecule has 9 heteroatoms. The summed E-state index contributed by atoms with van der Waals surface area (Å²) in [5, 5.41) is 6.36. The van der Waals surface area contributed by atoms with Crippen molar-refractivity contribution in [2.24, 2.45) is 5.10 Å². The fraction of sp³-hybridized carbons (Fsp3) is 0.211. The van der Waals surface area contributed by atoms with Crippen LogP contribution in [0.4, 0.5) is 0 Å². The van der Waals surface area contributed by atoms with Crippen molar-refractivity contribution in [3.63, 3.8) is 0 Å². The molecule has 0 saturated carbocycles. The molecular formula is C19H17N3O6. The molecule has 2 aliphatic rings.